The first-order valence-corrected chi connectivity index (χ1v) is 14.1. The van der Waals surface area contributed by atoms with E-state index in [1.807, 2.05) is 44.2 Å². The highest BCUT2D eigenvalue weighted by Crippen LogP contribution is 2.26. The first kappa shape index (κ1) is 28.5. The van der Waals surface area contributed by atoms with Gasteiger partial charge in [-0.1, -0.05) is 36.2 Å². The molecule has 3 aromatic carbocycles. The predicted molar refractivity (Wildman–Crippen MR) is 158 cm³/mol. The minimum atomic E-state index is -0.0685. The quantitative estimate of drug-likeness (QED) is 0.168. The minimum Gasteiger partial charge on any atom is -0.497 e. The van der Waals surface area contributed by atoms with Crippen molar-refractivity contribution in [2.45, 2.75) is 58.9 Å². The van der Waals surface area contributed by atoms with Gasteiger partial charge in [0.2, 0.25) is 0 Å². The lowest BCUT2D eigenvalue weighted by atomic mass is 10.1. The zero-order chi connectivity index (χ0) is 27.6. The molecule has 4 rings (SSSR count). The first-order valence-electron chi connectivity index (χ1n) is 13.7. The average molecular weight is 548 g/mol. The summed E-state index contributed by atoms with van der Waals surface area (Å²) in [5.74, 6) is 2.62. The fourth-order valence-corrected chi connectivity index (χ4v) is 4.88. The number of carbonyl (C=O) groups excluding carboxylic acids is 1. The number of rotatable bonds is 14. The van der Waals surface area contributed by atoms with Gasteiger partial charge in [0.25, 0.3) is 5.91 Å². The highest BCUT2D eigenvalue weighted by atomic mass is 35.5. The van der Waals surface area contributed by atoms with Gasteiger partial charge in [0.1, 0.15) is 17.3 Å². The molecule has 1 N–H and O–H groups in total. The molecule has 0 fully saturated rings. The third-order valence-electron chi connectivity index (χ3n) is 6.88. The highest BCUT2D eigenvalue weighted by Gasteiger charge is 2.11. The van der Waals surface area contributed by atoms with Gasteiger partial charge in [-0.2, -0.15) is 0 Å². The van der Waals surface area contributed by atoms with Crippen LogP contribution in [0.25, 0.3) is 11.0 Å². The van der Waals surface area contributed by atoms with Gasteiger partial charge in [-0.3, -0.25) is 4.79 Å². The monoisotopic (exact) mass is 547 g/mol. The van der Waals surface area contributed by atoms with E-state index >= 15 is 0 Å². The van der Waals surface area contributed by atoms with Crippen LogP contribution < -0.4 is 14.8 Å². The number of hydrogen-bond acceptors (Lipinski definition) is 4. The second-order valence-electron chi connectivity index (χ2n) is 9.89. The molecule has 0 radical (unpaired) electrons. The summed E-state index contributed by atoms with van der Waals surface area (Å²) in [6, 6.07) is 19.6. The van der Waals surface area contributed by atoms with Gasteiger partial charge in [0.15, 0.2) is 0 Å². The van der Waals surface area contributed by atoms with Gasteiger partial charge < -0.3 is 19.4 Å². The molecule has 1 aromatic heterocycles. The van der Waals surface area contributed by atoms with Gasteiger partial charge in [0.05, 0.1) is 24.8 Å². The summed E-state index contributed by atoms with van der Waals surface area (Å²) in [7, 11) is 1.60. The van der Waals surface area contributed by atoms with E-state index in [2.05, 4.69) is 28.1 Å². The summed E-state index contributed by atoms with van der Waals surface area (Å²) in [6.45, 7) is 6.25. The number of halogens is 1. The molecular formula is C32H38ClN3O3. The number of para-hydroxylation sites is 2. The lowest BCUT2D eigenvalue weighted by molar-refractivity contribution is 0.0952. The van der Waals surface area contributed by atoms with Crippen molar-refractivity contribution in [3.8, 4) is 11.5 Å². The predicted octanol–water partition coefficient (Wildman–Crippen LogP) is 7.32. The van der Waals surface area contributed by atoms with E-state index in [1.54, 1.807) is 19.2 Å². The smallest absolute Gasteiger partial charge is 0.251 e. The number of nitrogens with one attached hydrogen (secondary N) is 1. The lowest BCUT2D eigenvalue weighted by Gasteiger charge is -2.12. The Bertz CT molecular complexity index is 1380. The molecule has 0 saturated carbocycles. The Morgan fingerprint density at radius 3 is 2.51 bits per heavy atom. The maximum Gasteiger partial charge on any atom is 0.251 e. The summed E-state index contributed by atoms with van der Waals surface area (Å²) in [6.07, 6.45) is 5.86. The Balaban J connectivity index is 1.22. The van der Waals surface area contributed by atoms with Crippen LogP contribution in [0.15, 0.2) is 60.7 Å². The summed E-state index contributed by atoms with van der Waals surface area (Å²) >= 11 is 6.27. The van der Waals surface area contributed by atoms with Crippen LogP contribution in [0.2, 0.25) is 5.02 Å². The number of aryl methyl sites for hydroxylation is 4. The third kappa shape index (κ3) is 7.76. The van der Waals surface area contributed by atoms with Crippen molar-refractivity contribution < 1.29 is 14.3 Å². The summed E-state index contributed by atoms with van der Waals surface area (Å²) in [5.41, 5.74) is 4.93. The van der Waals surface area contributed by atoms with E-state index in [9.17, 15) is 4.79 Å². The molecule has 0 spiro atoms. The van der Waals surface area contributed by atoms with Crippen molar-refractivity contribution in [1.82, 2.24) is 14.9 Å². The van der Waals surface area contributed by atoms with Crippen LogP contribution in [0.3, 0.4) is 0 Å². The number of benzene rings is 3. The molecule has 0 aliphatic heterocycles. The maximum absolute atomic E-state index is 12.4. The highest BCUT2D eigenvalue weighted by molar-refractivity contribution is 6.32. The largest absolute Gasteiger partial charge is 0.497 e. The normalized spacial score (nSPS) is 11.1. The summed E-state index contributed by atoms with van der Waals surface area (Å²) in [5, 5.41) is 3.81. The van der Waals surface area contributed by atoms with E-state index in [0.29, 0.717) is 24.5 Å². The number of ether oxygens (including phenoxy) is 2. The Kier molecular flexibility index (Phi) is 10.3. The Morgan fingerprint density at radius 2 is 1.72 bits per heavy atom. The fraction of sp³-hybridized carbons (Fsp3) is 0.375. The average Bonchev–Trinajstić information content (AvgIpc) is 3.30. The van der Waals surface area contributed by atoms with Gasteiger partial charge in [-0.25, -0.2) is 4.98 Å². The van der Waals surface area contributed by atoms with Gasteiger partial charge in [-0.05, 0) is 93.1 Å². The van der Waals surface area contributed by atoms with Gasteiger partial charge >= 0.3 is 0 Å². The Labute approximate surface area is 236 Å². The van der Waals surface area contributed by atoms with Crippen molar-refractivity contribution in [1.29, 1.82) is 0 Å². The molecule has 0 saturated heterocycles. The van der Waals surface area contributed by atoms with Crippen molar-refractivity contribution >= 4 is 28.5 Å². The molecule has 0 unspecified atom stereocenters. The molecule has 0 aliphatic carbocycles. The van der Waals surface area contributed by atoms with Crippen LogP contribution in [0.5, 0.6) is 11.5 Å². The topological polar surface area (TPSA) is 65.4 Å². The number of fused-ring (bicyclic) bond motifs is 1. The minimum absolute atomic E-state index is 0.0685. The molecule has 7 heteroatoms. The number of unbranched alkanes of at least 4 members (excludes halogenated alkanes) is 3. The summed E-state index contributed by atoms with van der Waals surface area (Å²) in [4.78, 5) is 17.3. The molecule has 0 atom stereocenters. The molecule has 0 bridgehead atoms. The standard InChI is InChI=1S/C32H38ClN3O3/c1-23-20-27(21-24(2)31(23)33)39-19-10-9-18-36-29-15-7-6-14-28(29)35-30(36)16-5-4-8-17-34-32(37)25-12-11-13-26(22-25)38-3/h6-7,11-15,20-22H,4-5,8-10,16-19H2,1-3H3,(H,34,37). The maximum atomic E-state index is 12.4. The lowest BCUT2D eigenvalue weighted by Crippen LogP contribution is -2.24. The number of aromatic nitrogens is 2. The van der Waals surface area contributed by atoms with Crippen molar-refractivity contribution in [3.05, 3.63) is 88.2 Å². The third-order valence-corrected chi connectivity index (χ3v) is 7.48. The number of amides is 1. The fourth-order valence-electron chi connectivity index (χ4n) is 4.77. The van der Waals surface area contributed by atoms with E-state index < -0.39 is 0 Å². The van der Waals surface area contributed by atoms with E-state index in [0.717, 1.165) is 78.3 Å². The zero-order valence-corrected chi connectivity index (χ0v) is 23.9. The molecular weight excluding hydrogens is 510 g/mol. The van der Waals surface area contributed by atoms with Crippen molar-refractivity contribution in [2.75, 3.05) is 20.3 Å². The first-order chi connectivity index (χ1) is 19.0. The number of nitrogens with zero attached hydrogens (tertiary/aromatic N) is 2. The van der Waals surface area contributed by atoms with Crippen LogP contribution >= 0.6 is 11.6 Å². The van der Waals surface area contributed by atoms with E-state index in [-0.39, 0.29) is 5.91 Å². The Hall–Kier alpha value is -3.51. The zero-order valence-electron chi connectivity index (χ0n) is 23.1. The van der Waals surface area contributed by atoms with Crippen molar-refractivity contribution in [2.24, 2.45) is 0 Å². The van der Waals surface area contributed by atoms with E-state index in [1.165, 1.54) is 5.52 Å². The second-order valence-corrected chi connectivity index (χ2v) is 10.3. The van der Waals surface area contributed by atoms with Crippen molar-refractivity contribution in [3.63, 3.8) is 0 Å². The molecule has 0 aliphatic rings. The SMILES string of the molecule is COc1cccc(C(=O)NCCCCCc2nc3ccccc3n2CCCCOc2cc(C)c(Cl)c(C)c2)c1. The number of carbonyl (C=O) groups is 1. The summed E-state index contributed by atoms with van der Waals surface area (Å²) < 4.78 is 13.6. The molecule has 4 aromatic rings. The second kappa shape index (κ2) is 14.0. The van der Waals surface area contributed by atoms with Crippen LogP contribution in [0.4, 0.5) is 0 Å². The Morgan fingerprint density at radius 1 is 0.923 bits per heavy atom. The van der Waals surface area contributed by atoms with E-state index in [4.69, 9.17) is 26.1 Å². The van der Waals surface area contributed by atoms with Crippen LogP contribution in [0, 0.1) is 13.8 Å². The van der Waals surface area contributed by atoms with Gasteiger partial charge in [0, 0.05) is 30.1 Å². The molecule has 1 amide bonds. The van der Waals surface area contributed by atoms with Crippen LogP contribution in [0.1, 0.15) is 59.4 Å². The van der Waals surface area contributed by atoms with Crippen LogP contribution in [-0.4, -0.2) is 35.7 Å². The molecule has 206 valence electrons. The molecule has 39 heavy (non-hydrogen) atoms. The number of hydrogen-bond donors (Lipinski definition) is 1. The molecule has 6 nitrogen and oxygen atoms in total. The van der Waals surface area contributed by atoms with Gasteiger partial charge in [-0.15, -0.1) is 0 Å². The van der Waals surface area contributed by atoms with Crippen LogP contribution in [-0.2, 0) is 13.0 Å². The molecule has 1 heterocycles. The number of methoxy groups -OCH3 is 1. The number of imidazole rings is 1.